The van der Waals surface area contributed by atoms with Crippen molar-refractivity contribution in [2.45, 2.75) is 58.5 Å². The van der Waals surface area contributed by atoms with Crippen LogP contribution < -0.4 is 5.73 Å². The van der Waals surface area contributed by atoms with E-state index in [-0.39, 0.29) is 11.6 Å². The lowest BCUT2D eigenvalue weighted by Crippen LogP contribution is -2.56. The Kier molecular flexibility index (Phi) is 4.35. The lowest BCUT2D eigenvalue weighted by Gasteiger charge is -2.44. The third kappa shape index (κ3) is 3.32. The molecule has 0 aliphatic carbocycles. The largest absolute Gasteiger partial charge is 0.323 e. The Bertz CT molecular complexity index is 221. The van der Waals surface area contributed by atoms with Crippen molar-refractivity contribution in [3.8, 4) is 0 Å². The Labute approximate surface area is 94.5 Å². The van der Waals surface area contributed by atoms with Crippen LogP contribution in [0.4, 0.5) is 0 Å². The van der Waals surface area contributed by atoms with Crippen LogP contribution in [0.25, 0.3) is 0 Å². The average molecular weight is 210 g/mol. The van der Waals surface area contributed by atoms with Gasteiger partial charge in [-0.25, -0.2) is 0 Å². The minimum atomic E-state index is 0.0949. The molecule has 2 heteroatoms. The maximum absolute atomic E-state index is 6.27. The zero-order chi connectivity index (χ0) is 11.5. The first-order valence-electron chi connectivity index (χ1n) is 6.10. The number of hydrogen-bond acceptors (Lipinski definition) is 2. The van der Waals surface area contributed by atoms with E-state index in [1.165, 1.54) is 37.9 Å². The minimum absolute atomic E-state index is 0.0949. The van der Waals surface area contributed by atoms with Gasteiger partial charge < -0.3 is 5.73 Å². The highest BCUT2D eigenvalue weighted by Gasteiger charge is 2.32. The van der Waals surface area contributed by atoms with Crippen LogP contribution in [0.2, 0.25) is 0 Å². The number of nitrogens with two attached hydrogens (primary N) is 1. The summed E-state index contributed by atoms with van der Waals surface area (Å²) in [5.41, 5.74) is 7.67. The fourth-order valence-electron chi connectivity index (χ4n) is 2.24. The lowest BCUT2D eigenvalue weighted by atomic mass is 9.89. The molecule has 1 atom stereocenters. The molecule has 0 aromatic rings. The summed E-state index contributed by atoms with van der Waals surface area (Å²) in [5.74, 6) is 0. The van der Waals surface area contributed by atoms with E-state index in [0.717, 1.165) is 0 Å². The topological polar surface area (TPSA) is 29.3 Å². The van der Waals surface area contributed by atoms with Gasteiger partial charge in [-0.3, -0.25) is 4.90 Å². The van der Waals surface area contributed by atoms with Gasteiger partial charge in [-0.05, 0) is 53.6 Å². The average Bonchev–Trinajstić information content (AvgIpc) is 2.18. The second-order valence-electron chi connectivity index (χ2n) is 5.47. The van der Waals surface area contributed by atoms with Crippen LogP contribution in [0.15, 0.2) is 11.6 Å². The molecule has 2 N–H and O–H groups in total. The number of piperidine rings is 1. The Morgan fingerprint density at radius 2 is 1.73 bits per heavy atom. The third-order valence-corrected chi connectivity index (χ3v) is 3.50. The highest BCUT2D eigenvalue weighted by Crippen LogP contribution is 2.23. The van der Waals surface area contributed by atoms with Crippen molar-refractivity contribution in [1.29, 1.82) is 0 Å². The minimum Gasteiger partial charge on any atom is -0.323 e. The van der Waals surface area contributed by atoms with Gasteiger partial charge in [0.05, 0.1) is 0 Å². The molecule has 0 spiro atoms. The van der Waals surface area contributed by atoms with Crippen molar-refractivity contribution in [2.75, 3.05) is 13.1 Å². The molecule has 1 saturated heterocycles. The second kappa shape index (κ2) is 5.13. The molecule has 0 aromatic carbocycles. The van der Waals surface area contributed by atoms with Crippen LogP contribution in [0, 0.1) is 0 Å². The first-order valence-corrected chi connectivity index (χ1v) is 6.10. The lowest BCUT2D eigenvalue weighted by molar-refractivity contribution is 0.0848. The van der Waals surface area contributed by atoms with Gasteiger partial charge in [-0.2, -0.15) is 0 Å². The molecule has 0 radical (unpaired) electrons. The summed E-state index contributed by atoms with van der Waals surface area (Å²) in [6.07, 6.45) is 6.22. The van der Waals surface area contributed by atoms with E-state index in [9.17, 15) is 0 Å². The Morgan fingerprint density at radius 1 is 1.20 bits per heavy atom. The number of hydrogen-bond donors (Lipinski definition) is 1. The molecule has 0 aromatic heterocycles. The van der Waals surface area contributed by atoms with E-state index in [2.05, 4.69) is 38.7 Å². The van der Waals surface area contributed by atoms with Gasteiger partial charge in [0.1, 0.15) is 0 Å². The first kappa shape index (κ1) is 12.7. The normalized spacial score (nSPS) is 21.1. The molecule has 0 amide bonds. The number of rotatable bonds is 3. The van der Waals surface area contributed by atoms with Gasteiger partial charge in [0.25, 0.3) is 0 Å². The quantitative estimate of drug-likeness (QED) is 0.725. The standard InChI is InChI=1S/C13H26N2/c1-11(2)10-12(14)13(3,4)15-8-6-5-7-9-15/h10,12H,5-9,14H2,1-4H3. The van der Waals surface area contributed by atoms with E-state index in [0.29, 0.717) is 0 Å². The molecule has 1 rings (SSSR count). The number of likely N-dealkylation sites (tertiary alicyclic amines) is 1. The zero-order valence-electron chi connectivity index (χ0n) is 10.7. The number of allylic oxidation sites excluding steroid dienone is 1. The summed E-state index contributed by atoms with van der Waals surface area (Å²) in [4.78, 5) is 2.54. The van der Waals surface area contributed by atoms with Gasteiger partial charge >= 0.3 is 0 Å². The molecule has 1 unspecified atom stereocenters. The van der Waals surface area contributed by atoms with Gasteiger partial charge in [0, 0.05) is 11.6 Å². The summed E-state index contributed by atoms with van der Waals surface area (Å²) < 4.78 is 0. The summed E-state index contributed by atoms with van der Waals surface area (Å²) in [5, 5.41) is 0. The predicted octanol–water partition coefficient (Wildman–Crippen LogP) is 2.54. The van der Waals surface area contributed by atoms with Crippen LogP contribution in [-0.2, 0) is 0 Å². The molecule has 1 fully saturated rings. The highest BCUT2D eigenvalue weighted by atomic mass is 15.2. The van der Waals surface area contributed by atoms with Gasteiger partial charge in [0.15, 0.2) is 0 Å². The van der Waals surface area contributed by atoms with Gasteiger partial charge in [-0.15, -0.1) is 0 Å². The SMILES string of the molecule is CC(C)=CC(N)C(C)(C)N1CCCCC1. The van der Waals surface area contributed by atoms with Crippen LogP contribution in [0.5, 0.6) is 0 Å². The Hall–Kier alpha value is -0.340. The molecule has 0 bridgehead atoms. The maximum Gasteiger partial charge on any atom is 0.0408 e. The van der Waals surface area contributed by atoms with E-state index in [4.69, 9.17) is 5.73 Å². The van der Waals surface area contributed by atoms with Crippen molar-refractivity contribution < 1.29 is 0 Å². The highest BCUT2D eigenvalue weighted by molar-refractivity contribution is 5.08. The van der Waals surface area contributed by atoms with Crippen LogP contribution in [0.1, 0.15) is 47.0 Å². The summed E-state index contributed by atoms with van der Waals surface area (Å²) in [6, 6.07) is 0.139. The summed E-state index contributed by atoms with van der Waals surface area (Å²) in [6.45, 7) is 11.2. The van der Waals surface area contributed by atoms with E-state index >= 15 is 0 Å². The van der Waals surface area contributed by atoms with Crippen LogP contribution in [-0.4, -0.2) is 29.6 Å². The van der Waals surface area contributed by atoms with Crippen molar-refractivity contribution in [3.63, 3.8) is 0 Å². The molecule has 1 heterocycles. The fourth-order valence-corrected chi connectivity index (χ4v) is 2.24. The van der Waals surface area contributed by atoms with Crippen molar-refractivity contribution >= 4 is 0 Å². The molecule has 2 nitrogen and oxygen atoms in total. The van der Waals surface area contributed by atoms with Crippen LogP contribution in [0.3, 0.4) is 0 Å². The van der Waals surface area contributed by atoms with E-state index in [1.807, 2.05) is 0 Å². The molecular weight excluding hydrogens is 184 g/mol. The maximum atomic E-state index is 6.27. The van der Waals surface area contributed by atoms with Crippen molar-refractivity contribution in [3.05, 3.63) is 11.6 Å². The fraction of sp³-hybridized carbons (Fsp3) is 0.846. The molecule has 88 valence electrons. The first-order chi connectivity index (χ1) is 6.94. The zero-order valence-corrected chi connectivity index (χ0v) is 10.7. The summed E-state index contributed by atoms with van der Waals surface area (Å²) in [7, 11) is 0. The third-order valence-electron chi connectivity index (χ3n) is 3.50. The number of nitrogens with zero attached hydrogens (tertiary/aromatic N) is 1. The second-order valence-corrected chi connectivity index (χ2v) is 5.47. The monoisotopic (exact) mass is 210 g/mol. The summed E-state index contributed by atoms with van der Waals surface area (Å²) >= 11 is 0. The molecule has 1 aliphatic heterocycles. The molecule has 15 heavy (non-hydrogen) atoms. The van der Waals surface area contributed by atoms with E-state index in [1.54, 1.807) is 0 Å². The van der Waals surface area contributed by atoms with Crippen molar-refractivity contribution in [1.82, 2.24) is 4.90 Å². The Morgan fingerprint density at radius 3 is 2.20 bits per heavy atom. The molecule has 1 aliphatic rings. The predicted molar refractivity (Wildman–Crippen MR) is 66.9 cm³/mol. The Balaban J connectivity index is 2.66. The van der Waals surface area contributed by atoms with Crippen LogP contribution >= 0.6 is 0 Å². The molecular formula is C13H26N2. The van der Waals surface area contributed by atoms with Gasteiger partial charge in [-0.1, -0.05) is 18.1 Å². The smallest absolute Gasteiger partial charge is 0.0408 e. The van der Waals surface area contributed by atoms with Gasteiger partial charge in [0.2, 0.25) is 0 Å². The molecule has 0 saturated carbocycles. The van der Waals surface area contributed by atoms with Crippen molar-refractivity contribution in [2.24, 2.45) is 5.73 Å². The van der Waals surface area contributed by atoms with E-state index < -0.39 is 0 Å².